The molecule has 0 aromatic heterocycles. The standard InChI is InChI=1S/C17H25NO6/c1-17(2,3)24-16(20)18-7-6-8-23-14-10-12(15(19)22-5)9-13(11-14)21-4/h9-11H,6-8H2,1-5H3,(H,18,20). The topological polar surface area (TPSA) is 83.1 Å². The van der Waals surface area contributed by atoms with Gasteiger partial charge in [0.15, 0.2) is 0 Å². The molecule has 0 aliphatic rings. The molecule has 0 saturated heterocycles. The number of alkyl carbamates (subject to hydrolysis) is 1. The fourth-order valence-corrected chi connectivity index (χ4v) is 1.78. The van der Waals surface area contributed by atoms with Crippen molar-refractivity contribution in [2.75, 3.05) is 27.4 Å². The second-order valence-corrected chi connectivity index (χ2v) is 6.02. The molecule has 0 saturated carbocycles. The Morgan fingerprint density at radius 3 is 2.33 bits per heavy atom. The first-order valence-electron chi connectivity index (χ1n) is 7.62. The average molecular weight is 339 g/mol. The van der Waals surface area contributed by atoms with Crippen LogP contribution in [0.1, 0.15) is 37.6 Å². The number of carbonyl (C=O) groups is 2. The maximum Gasteiger partial charge on any atom is 0.407 e. The van der Waals surface area contributed by atoms with Crippen molar-refractivity contribution in [3.63, 3.8) is 0 Å². The van der Waals surface area contributed by atoms with Crippen LogP contribution in [0.5, 0.6) is 11.5 Å². The van der Waals surface area contributed by atoms with Crippen LogP contribution in [0.4, 0.5) is 4.79 Å². The van der Waals surface area contributed by atoms with Crippen molar-refractivity contribution in [3.05, 3.63) is 23.8 Å². The van der Waals surface area contributed by atoms with E-state index in [0.29, 0.717) is 36.6 Å². The normalized spacial score (nSPS) is 10.7. The summed E-state index contributed by atoms with van der Waals surface area (Å²) in [5.74, 6) is 0.525. The smallest absolute Gasteiger partial charge is 0.407 e. The van der Waals surface area contributed by atoms with E-state index in [1.807, 2.05) is 0 Å². The van der Waals surface area contributed by atoms with Gasteiger partial charge < -0.3 is 24.3 Å². The van der Waals surface area contributed by atoms with Gasteiger partial charge in [-0.3, -0.25) is 0 Å². The lowest BCUT2D eigenvalue weighted by atomic mass is 10.2. The lowest BCUT2D eigenvalue weighted by Gasteiger charge is -2.19. The fraction of sp³-hybridized carbons (Fsp3) is 0.529. The van der Waals surface area contributed by atoms with Gasteiger partial charge >= 0.3 is 12.1 Å². The van der Waals surface area contributed by atoms with Crippen LogP contribution in [0, 0.1) is 0 Å². The van der Waals surface area contributed by atoms with Crippen molar-refractivity contribution in [1.82, 2.24) is 5.32 Å². The summed E-state index contributed by atoms with van der Waals surface area (Å²) in [6.07, 6.45) is 0.126. The lowest BCUT2D eigenvalue weighted by Crippen LogP contribution is -2.33. The number of nitrogens with one attached hydrogen (secondary N) is 1. The molecule has 0 spiro atoms. The molecule has 1 rings (SSSR count). The lowest BCUT2D eigenvalue weighted by molar-refractivity contribution is 0.0524. The van der Waals surface area contributed by atoms with Gasteiger partial charge in [-0.1, -0.05) is 0 Å². The number of amides is 1. The van der Waals surface area contributed by atoms with Gasteiger partial charge in [-0.25, -0.2) is 9.59 Å². The van der Waals surface area contributed by atoms with Crippen LogP contribution in [0.15, 0.2) is 18.2 Å². The van der Waals surface area contributed by atoms with Crippen molar-refractivity contribution in [2.45, 2.75) is 32.8 Å². The molecule has 0 radical (unpaired) electrons. The largest absolute Gasteiger partial charge is 0.497 e. The Morgan fingerprint density at radius 2 is 1.75 bits per heavy atom. The van der Waals surface area contributed by atoms with E-state index in [4.69, 9.17) is 14.2 Å². The molecule has 24 heavy (non-hydrogen) atoms. The minimum Gasteiger partial charge on any atom is -0.497 e. The minimum absolute atomic E-state index is 0.346. The molecule has 7 nitrogen and oxygen atoms in total. The third-order valence-electron chi connectivity index (χ3n) is 2.79. The molecule has 1 N–H and O–H groups in total. The van der Waals surface area contributed by atoms with E-state index in [-0.39, 0.29) is 0 Å². The van der Waals surface area contributed by atoms with Crippen LogP contribution in [0.25, 0.3) is 0 Å². The molecule has 1 amide bonds. The summed E-state index contributed by atoms with van der Waals surface area (Å²) in [4.78, 5) is 23.1. The molecule has 1 aromatic carbocycles. The molecule has 0 unspecified atom stereocenters. The summed E-state index contributed by atoms with van der Waals surface area (Å²) in [6.45, 7) is 6.19. The van der Waals surface area contributed by atoms with E-state index in [1.165, 1.54) is 14.2 Å². The molecule has 0 fully saturated rings. The van der Waals surface area contributed by atoms with Crippen LogP contribution in [-0.4, -0.2) is 45.0 Å². The summed E-state index contributed by atoms with van der Waals surface area (Å²) < 4.78 is 20.5. The summed E-state index contributed by atoms with van der Waals surface area (Å²) in [5, 5.41) is 2.65. The average Bonchev–Trinajstić information content (AvgIpc) is 2.51. The second-order valence-electron chi connectivity index (χ2n) is 6.02. The Morgan fingerprint density at radius 1 is 1.08 bits per heavy atom. The Labute approximate surface area is 142 Å². The molecule has 7 heteroatoms. The molecular weight excluding hydrogens is 314 g/mol. The van der Waals surface area contributed by atoms with Gasteiger partial charge in [0.05, 0.1) is 26.4 Å². The van der Waals surface area contributed by atoms with Gasteiger partial charge in [0.1, 0.15) is 17.1 Å². The minimum atomic E-state index is -0.522. The quantitative estimate of drug-likeness (QED) is 0.607. The zero-order chi connectivity index (χ0) is 18.2. The molecular formula is C17H25NO6. The highest BCUT2D eigenvalue weighted by Crippen LogP contribution is 2.23. The highest BCUT2D eigenvalue weighted by molar-refractivity contribution is 5.90. The fourth-order valence-electron chi connectivity index (χ4n) is 1.78. The third-order valence-corrected chi connectivity index (χ3v) is 2.79. The molecule has 1 aromatic rings. The number of hydrogen-bond acceptors (Lipinski definition) is 6. The van der Waals surface area contributed by atoms with Crippen LogP contribution < -0.4 is 14.8 Å². The zero-order valence-electron chi connectivity index (χ0n) is 14.8. The number of methoxy groups -OCH3 is 2. The van der Waals surface area contributed by atoms with Crippen molar-refractivity contribution >= 4 is 12.1 Å². The summed E-state index contributed by atoms with van der Waals surface area (Å²) >= 11 is 0. The van der Waals surface area contributed by atoms with Crippen molar-refractivity contribution < 1.29 is 28.5 Å². The van der Waals surface area contributed by atoms with E-state index in [2.05, 4.69) is 10.1 Å². The second kappa shape index (κ2) is 9.00. The van der Waals surface area contributed by atoms with Crippen molar-refractivity contribution in [3.8, 4) is 11.5 Å². The molecule has 0 atom stereocenters. The number of rotatable bonds is 7. The Balaban J connectivity index is 2.45. The van der Waals surface area contributed by atoms with Crippen LogP contribution >= 0.6 is 0 Å². The first-order valence-corrected chi connectivity index (χ1v) is 7.62. The van der Waals surface area contributed by atoms with Gasteiger partial charge in [0, 0.05) is 12.6 Å². The van der Waals surface area contributed by atoms with E-state index >= 15 is 0 Å². The first-order chi connectivity index (χ1) is 11.2. The number of hydrogen-bond donors (Lipinski definition) is 1. The Bertz CT molecular complexity index is 565. The molecule has 134 valence electrons. The maximum atomic E-state index is 11.6. The maximum absolute atomic E-state index is 11.6. The van der Waals surface area contributed by atoms with E-state index in [0.717, 1.165) is 0 Å². The van der Waals surface area contributed by atoms with E-state index < -0.39 is 17.7 Å². The molecule has 0 heterocycles. The third kappa shape index (κ3) is 7.21. The molecule has 0 aliphatic heterocycles. The van der Waals surface area contributed by atoms with Crippen LogP contribution in [0.3, 0.4) is 0 Å². The SMILES string of the molecule is COC(=O)c1cc(OC)cc(OCCCNC(=O)OC(C)(C)C)c1. The van der Waals surface area contributed by atoms with Gasteiger partial charge in [-0.15, -0.1) is 0 Å². The first kappa shape index (κ1) is 19.6. The number of benzene rings is 1. The van der Waals surface area contributed by atoms with Crippen molar-refractivity contribution in [1.29, 1.82) is 0 Å². The number of esters is 1. The van der Waals surface area contributed by atoms with Crippen molar-refractivity contribution in [2.24, 2.45) is 0 Å². The highest BCUT2D eigenvalue weighted by atomic mass is 16.6. The monoisotopic (exact) mass is 339 g/mol. The van der Waals surface area contributed by atoms with Gasteiger partial charge in [-0.2, -0.15) is 0 Å². The van der Waals surface area contributed by atoms with Gasteiger partial charge in [-0.05, 0) is 39.3 Å². The summed E-state index contributed by atoms with van der Waals surface area (Å²) in [6, 6.07) is 4.83. The summed E-state index contributed by atoms with van der Waals surface area (Å²) in [5.41, 5.74) is -0.176. The predicted molar refractivity (Wildman–Crippen MR) is 88.7 cm³/mol. The molecule has 0 aliphatic carbocycles. The zero-order valence-corrected chi connectivity index (χ0v) is 14.8. The Hall–Kier alpha value is -2.44. The van der Waals surface area contributed by atoms with E-state index in [1.54, 1.807) is 39.0 Å². The molecule has 0 bridgehead atoms. The predicted octanol–water partition coefficient (Wildman–Crippen LogP) is 2.78. The highest BCUT2D eigenvalue weighted by Gasteiger charge is 2.15. The van der Waals surface area contributed by atoms with Crippen LogP contribution in [0.2, 0.25) is 0 Å². The van der Waals surface area contributed by atoms with E-state index in [9.17, 15) is 9.59 Å². The van der Waals surface area contributed by atoms with Gasteiger partial charge in [0.2, 0.25) is 0 Å². The number of ether oxygens (including phenoxy) is 4. The number of carbonyl (C=O) groups excluding carboxylic acids is 2. The van der Waals surface area contributed by atoms with Crippen LogP contribution in [-0.2, 0) is 9.47 Å². The summed E-state index contributed by atoms with van der Waals surface area (Å²) in [7, 11) is 2.82. The Kier molecular flexibility index (Phi) is 7.35. The van der Waals surface area contributed by atoms with Gasteiger partial charge in [0.25, 0.3) is 0 Å².